The SMILES string of the molecule is C[C@@H]1CNC[C@H]1C(=O)NCCOCC1CC1. The average molecular weight is 226 g/mol. The van der Waals surface area contributed by atoms with E-state index in [1.165, 1.54) is 12.8 Å². The van der Waals surface area contributed by atoms with Crippen molar-refractivity contribution >= 4 is 5.91 Å². The Balaban J connectivity index is 1.52. The molecule has 1 aliphatic heterocycles. The van der Waals surface area contributed by atoms with Crippen molar-refractivity contribution in [2.75, 3.05) is 32.8 Å². The van der Waals surface area contributed by atoms with E-state index in [0.717, 1.165) is 25.6 Å². The van der Waals surface area contributed by atoms with Gasteiger partial charge in [-0.15, -0.1) is 0 Å². The van der Waals surface area contributed by atoms with E-state index in [1.807, 2.05) is 0 Å². The van der Waals surface area contributed by atoms with E-state index in [0.29, 0.717) is 19.1 Å². The van der Waals surface area contributed by atoms with Crippen LogP contribution in [0.25, 0.3) is 0 Å². The van der Waals surface area contributed by atoms with E-state index in [1.54, 1.807) is 0 Å². The molecule has 1 heterocycles. The first kappa shape index (κ1) is 11.9. The first-order valence-corrected chi connectivity index (χ1v) is 6.33. The minimum Gasteiger partial charge on any atom is -0.379 e. The summed E-state index contributed by atoms with van der Waals surface area (Å²) in [5.74, 6) is 1.57. The van der Waals surface area contributed by atoms with Crippen LogP contribution in [0.4, 0.5) is 0 Å². The van der Waals surface area contributed by atoms with Gasteiger partial charge in [-0.3, -0.25) is 4.79 Å². The molecule has 0 aromatic heterocycles. The maximum absolute atomic E-state index is 11.8. The first-order valence-electron chi connectivity index (χ1n) is 6.33. The van der Waals surface area contributed by atoms with Crippen LogP contribution < -0.4 is 10.6 Å². The molecule has 2 N–H and O–H groups in total. The van der Waals surface area contributed by atoms with Crippen LogP contribution in [0, 0.1) is 17.8 Å². The van der Waals surface area contributed by atoms with Crippen molar-refractivity contribution in [3.05, 3.63) is 0 Å². The highest BCUT2D eigenvalue weighted by Gasteiger charge is 2.29. The van der Waals surface area contributed by atoms with E-state index in [-0.39, 0.29) is 11.8 Å². The molecule has 2 fully saturated rings. The van der Waals surface area contributed by atoms with E-state index in [9.17, 15) is 4.79 Å². The Bertz CT molecular complexity index is 241. The number of carbonyl (C=O) groups is 1. The third-order valence-electron chi connectivity index (χ3n) is 3.45. The maximum atomic E-state index is 11.8. The largest absolute Gasteiger partial charge is 0.379 e. The molecule has 0 spiro atoms. The van der Waals surface area contributed by atoms with Gasteiger partial charge in [0, 0.05) is 19.7 Å². The molecule has 0 aromatic carbocycles. The molecule has 1 amide bonds. The number of hydrogen-bond donors (Lipinski definition) is 2. The number of amides is 1. The van der Waals surface area contributed by atoms with Gasteiger partial charge in [-0.1, -0.05) is 6.92 Å². The lowest BCUT2D eigenvalue weighted by Gasteiger charge is -2.14. The van der Waals surface area contributed by atoms with Gasteiger partial charge < -0.3 is 15.4 Å². The van der Waals surface area contributed by atoms with Crippen molar-refractivity contribution in [1.82, 2.24) is 10.6 Å². The van der Waals surface area contributed by atoms with Crippen molar-refractivity contribution in [2.24, 2.45) is 17.8 Å². The number of hydrogen-bond acceptors (Lipinski definition) is 3. The standard InChI is InChI=1S/C12H22N2O2/c1-9-6-13-7-11(9)12(15)14-4-5-16-8-10-2-3-10/h9-11,13H,2-8H2,1H3,(H,14,15)/t9-,11-/m1/s1. The normalized spacial score (nSPS) is 29.3. The molecule has 16 heavy (non-hydrogen) atoms. The molecule has 0 aromatic rings. The Kier molecular flexibility index (Phi) is 4.18. The van der Waals surface area contributed by atoms with Crippen molar-refractivity contribution in [3.63, 3.8) is 0 Å². The molecular weight excluding hydrogens is 204 g/mol. The Morgan fingerprint density at radius 1 is 1.44 bits per heavy atom. The molecule has 0 unspecified atom stereocenters. The van der Waals surface area contributed by atoms with Crippen LogP contribution in [0.1, 0.15) is 19.8 Å². The predicted molar refractivity (Wildman–Crippen MR) is 62.1 cm³/mol. The number of nitrogens with one attached hydrogen (secondary N) is 2. The predicted octanol–water partition coefficient (Wildman–Crippen LogP) is 0.385. The van der Waals surface area contributed by atoms with Gasteiger partial charge in [0.15, 0.2) is 0 Å². The Hall–Kier alpha value is -0.610. The molecule has 2 atom stereocenters. The van der Waals surface area contributed by atoms with E-state index < -0.39 is 0 Å². The molecule has 4 nitrogen and oxygen atoms in total. The van der Waals surface area contributed by atoms with E-state index in [2.05, 4.69) is 17.6 Å². The van der Waals surface area contributed by atoms with Gasteiger partial charge in [0.1, 0.15) is 0 Å². The van der Waals surface area contributed by atoms with Crippen LogP contribution in [0.15, 0.2) is 0 Å². The molecule has 2 rings (SSSR count). The molecular formula is C12H22N2O2. The minimum absolute atomic E-state index is 0.142. The van der Waals surface area contributed by atoms with Crippen LogP contribution in [0.2, 0.25) is 0 Å². The fourth-order valence-corrected chi connectivity index (χ4v) is 2.07. The second kappa shape index (κ2) is 5.64. The summed E-state index contributed by atoms with van der Waals surface area (Å²) < 4.78 is 5.47. The second-order valence-corrected chi connectivity index (χ2v) is 5.05. The Morgan fingerprint density at radius 2 is 2.25 bits per heavy atom. The smallest absolute Gasteiger partial charge is 0.224 e. The summed E-state index contributed by atoms with van der Waals surface area (Å²) in [5.41, 5.74) is 0. The third-order valence-corrected chi connectivity index (χ3v) is 3.45. The zero-order chi connectivity index (χ0) is 11.4. The Labute approximate surface area is 97.1 Å². The van der Waals surface area contributed by atoms with Crippen LogP contribution in [0.3, 0.4) is 0 Å². The summed E-state index contributed by atoms with van der Waals surface area (Å²) in [4.78, 5) is 11.8. The summed E-state index contributed by atoms with van der Waals surface area (Å²) in [6, 6.07) is 0. The highest BCUT2D eigenvalue weighted by molar-refractivity contribution is 5.79. The van der Waals surface area contributed by atoms with Crippen LogP contribution in [0.5, 0.6) is 0 Å². The molecule has 1 aliphatic carbocycles. The van der Waals surface area contributed by atoms with Gasteiger partial charge in [0.05, 0.1) is 12.5 Å². The number of ether oxygens (including phenoxy) is 1. The van der Waals surface area contributed by atoms with Gasteiger partial charge in [0.25, 0.3) is 0 Å². The first-order chi connectivity index (χ1) is 7.77. The molecule has 1 saturated carbocycles. The minimum atomic E-state index is 0.142. The fourth-order valence-electron chi connectivity index (χ4n) is 2.07. The number of carbonyl (C=O) groups excluding carboxylic acids is 1. The number of rotatable bonds is 6. The summed E-state index contributed by atoms with van der Waals surface area (Å²) in [7, 11) is 0. The van der Waals surface area contributed by atoms with Gasteiger partial charge in [-0.25, -0.2) is 0 Å². The highest BCUT2D eigenvalue weighted by Crippen LogP contribution is 2.28. The third kappa shape index (κ3) is 3.46. The zero-order valence-corrected chi connectivity index (χ0v) is 10.00. The monoisotopic (exact) mass is 226 g/mol. The van der Waals surface area contributed by atoms with Crippen molar-refractivity contribution in [1.29, 1.82) is 0 Å². The molecule has 4 heteroatoms. The summed E-state index contributed by atoms with van der Waals surface area (Å²) >= 11 is 0. The van der Waals surface area contributed by atoms with Crippen LogP contribution in [-0.2, 0) is 9.53 Å². The molecule has 2 aliphatic rings. The molecule has 1 saturated heterocycles. The average Bonchev–Trinajstić information content (AvgIpc) is 2.99. The summed E-state index contributed by atoms with van der Waals surface area (Å²) in [6.45, 7) is 6.06. The van der Waals surface area contributed by atoms with Gasteiger partial charge in [-0.2, -0.15) is 0 Å². The van der Waals surface area contributed by atoms with E-state index in [4.69, 9.17) is 4.74 Å². The molecule has 92 valence electrons. The second-order valence-electron chi connectivity index (χ2n) is 5.05. The van der Waals surface area contributed by atoms with Gasteiger partial charge in [-0.05, 0) is 31.2 Å². The van der Waals surface area contributed by atoms with Crippen molar-refractivity contribution in [3.8, 4) is 0 Å². The quantitative estimate of drug-likeness (QED) is 0.644. The van der Waals surface area contributed by atoms with Crippen molar-refractivity contribution in [2.45, 2.75) is 19.8 Å². The van der Waals surface area contributed by atoms with Crippen LogP contribution in [-0.4, -0.2) is 38.8 Å². The summed E-state index contributed by atoms with van der Waals surface area (Å²) in [6.07, 6.45) is 2.63. The Morgan fingerprint density at radius 3 is 2.88 bits per heavy atom. The lowest BCUT2D eigenvalue weighted by Crippen LogP contribution is -2.36. The van der Waals surface area contributed by atoms with E-state index >= 15 is 0 Å². The molecule has 0 bridgehead atoms. The maximum Gasteiger partial charge on any atom is 0.224 e. The fraction of sp³-hybridized carbons (Fsp3) is 0.917. The highest BCUT2D eigenvalue weighted by atomic mass is 16.5. The zero-order valence-electron chi connectivity index (χ0n) is 10.00. The summed E-state index contributed by atoms with van der Waals surface area (Å²) in [5, 5.41) is 6.18. The van der Waals surface area contributed by atoms with Crippen molar-refractivity contribution < 1.29 is 9.53 Å². The van der Waals surface area contributed by atoms with Crippen LogP contribution >= 0.6 is 0 Å². The topological polar surface area (TPSA) is 50.4 Å². The van der Waals surface area contributed by atoms with Gasteiger partial charge in [0.2, 0.25) is 5.91 Å². The molecule has 0 radical (unpaired) electrons. The lowest BCUT2D eigenvalue weighted by molar-refractivity contribution is -0.125. The lowest BCUT2D eigenvalue weighted by atomic mass is 9.97. The van der Waals surface area contributed by atoms with Gasteiger partial charge >= 0.3 is 0 Å².